The average molecular weight is 537 g/mol. The molecular formula is C36H72O2. The zero-order valence-corrected chi connectivity index (χ0v) is 26.4. The second kappa shape index (κ2) is 27.1. The van der Waals surface area contributed by atoms with Crippen LogP contribution in [0.25, 0.3) is 0 Å². The van der Waals surface area contributed by atoms with Crippen molar-refractivity contribution in [1.29, 1.82) is 0 Å². The maximum absolute atomic E-state index is 9.04. The van der Waals surface area contributed by atoms with E-state index in [9.17, 15) is 0 Å². The summed E-state index contributed by atoms with van der Waals surface area (Å²) in [5.41, 5.74) is 0. The largest absolute Gasteiger partial charge is 0.396 e. The third-order valence-electron chi connectivity index (χ3n) is 9.87. The molecule has 1 saturated carbocycles. The summed E-state index contributed by atoms with van der Waals surface area (Å²) in [4.78, 5) is 0. The van der Waals surface area contributed by atoms with Crippen LogP contribution in [0.4, 0.5) is 0 Å². The van der Waals surface area contributed by atoms with Crippen molar-refractivity contribution < 1.29 is 10.2 Å². The van der Waals surface area contributed by atoms with Gasteiger partial charge in [0.25, 0.3) is 0 Å². The molecule has 0 bridgehead atoms. The van der Waals surface area contributed by atoms with Crippen LogP contribution in [0.3, 0.4) is 0 Å². The Bertz CT molecular complexity index is 422. The van der Waals surface area contributed by atoms with Crippen LogP contribution < -0.4 is 0 Å². The Morgan fingerprint density at radius 1 is 0.289 bits per heavy atom. The molecule has 1 aliphatic carbocycles. The Morgan fingerprint density at radius 2 is 0.500 bits per heavy atom. The lowest BCUT2D eigenvalue weighted by Crippen LogP contribution is -2.46. The van der Waals surface area contributed by atoms with Crippen LogP contribution in [0.5, 0.6) is 0 Å². The Kier molecular flexibility index (Phi) is 25.6. The lowest BCUT2D eigenvalue weighted by Gasteiger charge is -2.54. The third-order valence-corrected chi connectivity index (χ3v) is 9.87. The van der Waals surface area contributed by atoms with Crippen molar-refractivity contribution >= 4 is 0 Å². The maximum Gasteiger partial charge on any atom is 0.0431 e. The van der Waals surface area contributed by atoms with Crippen molar-refractivity contribution in [2.24, 2.45) is 23.7 Å². The number of rotatable bonds is 30. The maximum atomic E-state index is 9.04. The molecule has 1 aliphatic rings. The van der Waals surface area contributed by atoms with Gasteiger partial charge in [-0.15, -0.1) is 0 Å². The number of aliphatic hydroxyl groups is 2. The van der Waals surface area contributed by atoms with E-state index in [1.165, 1.54) is 167 Å². The zero-order chi connectivity index (χ0) is 27.5. The second-order valence-corrected chi connectivity index (χ2v) is 13.0. The minimum Gasteiger partial charge on any atom is -0.396 e. The molecule has 0 radical (unpaired) electrons. The summed E-state index contributed by atoms with van der Waals surface area (Å²) >= 11 is 0. The molecule has 0 aromatic rings. The first-order chi connectivity index (χ1) is 18.8. The van der Waals surface area contributed by atoms with Crippen LogP contribution in [0.1, 0.15) is 194 Å². The standard InChI is InChI=1S/C36H72O2/c1-3-5-7-9-15-21-27-33-34(28-22-16-10-8-6-4-2)36(30-24-18-12-14-20-26-32-38)35(33)29-23-17-11-13-19-25-31-37/h33-38H,3-32H2,1-2H3. The summed E-state index contributed by atoms with van der Waals surface area (Å²) in [5, 5.41) is 18.1. The van der Waals surface area contributed by atoms with E-state index in [0.29, 0.717) is 13.2 Å². The third kappa shape index (κ3) is 17.6. The lowest BCUT2D eigenvalue weighted by atomic mass is 9.51. The van der Waals surface area contributed by atoms with Crippen molar-refractivity contribution in [1.82, 2.24) is 0 Å². The van der Waals surface area contributed by atoms with Crippen molar-refractivity contribution in [3.05, 3.63) is 0 Å². The summed E-state index contributed by atoms with van der Waals surface area (Å²) in [7, 11) is 0. The molecule has 38 heavy (non-hydrogen) atoms. The molecule has 0 aromatic heterocycles. The Balaban J connectivity index is 2.58. The predicted molar refractivity (Wildman–Crippen MR) is 169 cm³/mol. The second-order valence-electron chi connectivity index (χ2n) is 13.0. The van der Waals surface area contributed by atoms with Crippen LogP contribution in [0.15, 0.2) is 0 Å². The molecule has 0 amide bonds. The number of aliphatic hydroxyl groups excluding tert-OH is 2. The topological polar surface area (TPSA) is 40.5 Å². The fourth-order valence-electron chi connectivity index (χ4n) is 7.56. The van der Waals surface area contributed by atoms with Crippen LogP contribution in [-0.2, 0) is 0 Å². The molecule has 0 spiro atoms. The summed E-state index contributed by atoms with van der Waals surface area (Å²) < 4.78 is 0. The van der Waals surface area contributed by atoms with Gasteiger partial charge in [0.1, 0.15) is 0 Å². The molecule has 4 unspecified atom stereocenters. The van der Waals surface area contributed by atoms with Crippen molar-refractivity contribution in [3.8, 4) is 0 Å². The van der Waals surface area contributed by atoms with Crippen molar-refractivity contribution in [3.63, 3.8) is 0 Å². The quantitative estimate of drug-likeness (QED) is 0.0896. The van der Waals surface area contributed by atoms with Gasteiger partial charge in [-0.2, -0.15) is 0 Å². The fourth-order valence-corrected chi connectivity index (χ4v) is 7.56. The van der Waals surface area contributed by atoms with E-state index >= 15 is 0 Å². The van der Waals surface area contributed by atoms with E-state index in [-0.39, 0.29) is 0 Å². The van der Waals surface area contributed by atoms with Gasteiger partial charge >= 0.3 is 0 Å². The molecular weight excluding hydrogens is 464 g/mol. The molecule has 0 saturated heterocycles. The van der Waals surface area contributed by atoms with E-state index in [1.54, 1.807) is 0 Å². The molecule has 0 heterocycles. The Morgan fingerprint density at radius 3 is 0.737 bits per heavy atom. The first kappa shape index (κ1) is 35.9. The molecule has 2 N–H and O–H groups in total. The van der Waals surface area contributed by atoms with Gasteiger partial charge in [0.2, 0.25) is 0 Å². The highest BCUT2D eigenvalue weighted by molar-refractivity contribution is 4.96. The van der Waals surface area contributed by atoms with Crippen LogP contribution >= 0.6 is 0 Å². The summed E-state index contributed by atoms with van der Waals surface area (Å²) in [5.74, 6) is 4.09. The SMILES string of the molecule is CCCCCCCCC1C(CCCCCCCC)C(CCCCCCCCO)C1CCCCCCCCO. The van der Waals surface area contributed by atoms with Gasteiger partial charge in [-0.25, -0.2) is 0 Å². The van der Waals surface area contributed by atoms with Gasteiger partial charge in [0.15, 0.2) is 0 Å². The first-order valence-electron chi connectivity index (χ1n) is 18.0. The normalized spacial score (nSPS) is 21.2. The van der Waals surface area contributed by atoms with Gasteiger partial charge in [-0.3, -0.25) is 0 Å². The number of hydrogen-bond donors (Lipinski definition) is 2. The molecule has 4 atom stereocenters. The molecule has 2 heteroatoms. The summed E-state index contributed by atoms with van der Waals surface area (Å²) in [6, 6.07) is 0. The molecule has 2 nitrogen and oxygen atoms in total. The van der Waals surface area contributed by atoms with Gasteiger partial charge < -0.3 is 10.2 Å². The minimum absolute atomic E-state index is 0.366. The number of unbranched alkanes of at least 4 members (excludes halogenated alkanes) is 20. The first-order valence-corrected chi connectivity index (χ1v) is 18.0. The smallest absolute Gasteiger partial charge is 0.0431 e. The highest BCUT2D eigenvalue weighted by Crippen LogP contribution is 2.55. The van der Waals surface area contributed by atoms with E-state index < -0.39 is 0 Å². The van der Waals surface area contributed by atoms with E-state index in [0.717, 1.165) is 36.5 Å². The fraction of sp³-hybridized carbons (Fsp3) is 1.00. The van der Waals surface area contributed by atoms with Gasteiger partial charge in [-0.1, -0.05) is 155 Å². The van der Waals surface area contributed by atoms with Gasteiger partial charge in [0.05, 0.1) is 0 Å². The minimum atomic E-state index is 0.366. The molecule has 1 rings (SSSR count). The van der Waals surface area contributed by atoms with Gasteiger partial charge in [-0.05, 0) is 62.2 Å². The molecule has 0 aromatic carbocycles. The highest BCUT2D eigenvalue weighted by atomic mass is 16.3. The Labute approximate surface area is 240 Å². The molecule has 0 aliphatic heterocycles. The zero-order valence-electron chi connectivity index (χ0n) is 26.4. The van der Waals surface area contributed by atoms with Crippen molar-refractivity contribution in [2.75, 3.05) is 13.2 Å². The monoisotopic (exact) mass is 537 g/mol. The summed E-state index contributed by atoms with van der Waals surface area (Å²) in [6.45, 7) is 5.39. The van der Waals surface area contributed by atoms with E-state index in [2.05, 4.69) is 13.8 Å². The van der Waals surface area contributed by atoms with Crippen LogP contribution in [0.2, 0.25) is 0 Å². The summed E-state index contributed by atoms with van der Waals surface area (Å²) in [6.07, 6.45) is 38.8. The van der Waals surface area contributed by atoms with E-state index in [4.69, 9.17) is 10.2 Å². The highest BCUT2D eigenvalue weighted by Gasteiger charge is 2.47. The van der Waals surface area contributed by atoms with E-state index in [1.807, 2.05) is 0 Å². The van der Waals surface area contributed by atoms with Crippen LogP contribution in [0, 0.1) is 23.7 Å². The van der Waals surface area contributed by atoms with Crippen molar-refractivity contribution in [2.45, 2.75) is 194 Å². The number of hydrogen-bond acceptors (Lipinski definition) is 2. The Hall–Kier alpha value is -0.0800. The molecule has 1 fully saturated rings. The lowest BCUT2D eigenvalue weighted by molar-refractivity contribution is -0.0486. The average Bonchev–Trinajstić information content (AvgIpc) is 2.92. The molecule has 228 valence electrons. The predicted octanol–water partition coefficient (Wildman–Crippen LogP) is 11.4. The van der Waals surface area contributed by atoms with Crippen LogP contribution in [-0.4, -0.2) is 23.4 Å². The van der Waals surface area contributed by atoms with Gasteiger partial charge in [0, 0.05) is 13.2 Å².